The predicted octanol–water partition coefficient (Wildman–Crippen LogP) is 0.506. The third-order valence-corrected chi connectivity index (χ3v) is 2.36. The topological polar surface area (TPSA) is 26.7 Å². The number of aliphatic hydroxyl groups excluding tert-OH is 1. The first-order valence-corrected chi connectivity index (χ1v) is 4.69. The van der Waals surface area contributed by atoms with Gasteiger partial charge < -0.3 is 10.0 Å². The van der Waals surface area contributed by atoms with Crippen LogP contribution in [0.2, 0.25) is 0 Å². The van der Waals surface area contributed by atoms with Gasteiger partial charge in [0.1, 0.15) is 0 Å². The van der Waals surface area contributed by atoms with Crippen LogP contribution in [0.25, 0.3) is 0 Å². The molecule has 1 aliphatic heterocycles. The Morgan fingerprint density at radius 2 is 1.64 bits per heavy atom. The molecule has 0 spiro atoms. The van der Waals surface area contributed by atoms with Crippen LogP contribution in [0, 0.1) is 0 Å². The van der Waals surface area contributed by atoms with Gasteiger partial charge in [-0.1, -0.05) is 0 Å². The Morgan fingerprint density at radius 3 is 2.07 bits per heavy atom. The van der Waals surface area contributed by atoms with E-state index in [9.17, 15) is 13.2 Å². The molecule has 1 N–H and O–H groups in total. The molecule has 0 unspecified atom stereocenters. The van der Waals surface area contributed by atoms with Crippen LogP contribution in [-0.4, -0.2) is 60.5 Å². The van der Waals surface area contributed by atoms with Crippen molar-refractivity contribution in [3.05, 3.63) is 0 Å². The van der Waals surface area contributed by atoms with E-state index < -0.39 is 6.30 Å². The summed E-state index contributed by atoms with van der Waals surface area (Å²) in [5, 5.41) is 8.56. The zero-order valence-electron chi connectivity index (χ0n) is 7.93. The van der Waals surface area contributed by atoms with Gasteiger partial charge >= 0.3 is 6.30 Å². The van der Waals surface area contributed by atoms with E-state index in [0.717, 1.165) is 0 Å². The molecule has 0 radical (unpaired) electrons. The van der Waals surface area contributed by atoms with Crippen LogP contribution in [-0.2, 0) is 0 Å². The zero-order valence-corrected chi connectivity index (χ0v) is 7.93. The minimum Gasteiger partial charge on any atom is -0.396 e. The second-order valence-electron chi connectivity index (χ2n) is 3.37. The number of hydrogen-bond acceptors (Lipinski definition) is 3. The van der Waals surface area contributed by atoms with Crippen molar-refractivity contribution >= 4 is 0 Å². The second kappa shape index (κ2) is 4.95. The Morgan fingerprint density at radius 1 is 1.07 bits per heavy atom. The third kappa shape index (κ3) is 3.43. The van der Waals surface area contributed by atoms with Gasteiger partial charge in [0.05, 0.1) is 0 Å². The SMILES string of the molecule is OCCCN1CCN(C(F)(F)F)CC1. The molecule has 0 aromatic carbocycles. The summed E-state index contributed by atoms with van der Waals surface area (Å²) in [4.78, 5) is 2.47. The smallest absolute Gasteiger partial charge is 0.396 e. The molecule has 14 heavy (non-hydrogen) atoms. The van der Waals surface area contributed by atoms with Crippen molar-refractivity contribution in [2.75, 3.05) is 39.3 Å². The minimum atomic E-state index is -4.19. The van der Waals surface area contributed by atoms with Crippen molar-refractivity contribution in [1.82, 2.24) is 9.80 Å². The first-order chi connectivity index (χ1) is 6.54. The molecule has 0 aromatic heterocycles. The summed E-state index contributed by atoms with van der Waals surface area (Å²) in [7, 11) is 0. The second-order valence-corrected chi connectivity index (χ2v) is 3.37. The predicted molar refractivity (Wildman–Crippen MR) is 45.8 cm³/mol. The van der Waals surface area contributed by atoms with Crippen LogP contribution >= 0.6 is 0 Å². The fourth-order valence-corrected chi connectivity index (χ4v) is 1.52. The van der Waals surface area contributed by atoms with E-state index in [0.29, 0.717) is 31.0 Å². The van der Waals surface area contributed by atoms with Crippen LogP contribution < -0.4 is 0 Å². The van der Waals surface area contributed by atoms with Gasteiger partial charge in [0.2, 0.25) is 0 Å². The number of nitrogens with zero attached hydrogens (tertiary/aromatic N) is 2. The first kappa shape index (κ1) is 11.7. The Labute approximate surface area is 81.1 Å². The van der Waals surface area contributed by atoms with Crippen molar-refractivity contribution < 1.29 is 18.3 Å². The van der Waals surface area contributed by atoms with Crippen LogP contribution in [0.3, 0.4) is 0 Å². The van der Waals surface area contributed by atoms with Crippen LogP contribution in [0.15, 0.2) is 0 Å². The van der Waals surface area contributed by atoms with E-state index in [-0.39, 0.29) is 19.7 Å². The summed E-state index contributed by atoms with van der Waals surface area (Å²) in [5.41, 5.74) is 0. The van der Waals surface area contributed by atoms with Gasteiger partial charge in [0, 0.05) is 39.3 Å². The zero-order chi connectivity index (χ0) is 10.6. The van der Waals surface area contributed by atoms with Crippen molar-refractivity contribution in [3.8, 4) is 0 Å². The molecular formula is C8H15F3N2O. The highest BCUT2D eigenvalue weighted by atomic mass is 19.4. The van der Waals surface area contributed by atoms with Crippen molar-refractivity contribution in [3.63, 3.8) is 0 Å². The van der Waals surface area contributed by atoms with E-state index in [4.69, 9.17) is 5.11 Å². The van der Waals surface area contributed by atoms with E-state index >= 15 is 0 Å². The molecule has 84 valence electrons. The average molecular weight is 212 g/mol. The largest absolute Gasteiger partial charge is 0.460 e. The Bertz CT molecular complexity index is 166. The summed E-state index contributed by atoms with van der Waals surface area (Å²) < 4.78 is 36.6. The molecule has 0 amide bonds. The standard InChI is InChI=1S/C8H15F3N2O/c9-8(10,11)13-5-3-12(4-6-13)2-1-7-14/h14H,1-7H2. The number of halogens is 3. The molecule has 1 aliphatic rings. The Balaban J connectivity index is 2.24. The third-order valence-electron chi connectivity index (χ3n) is 2.36. The highest BCUT2D eigenvalue weighted by molar-refractivity contribution is 4.73. The monoisotopic (exact) mass is 212 g/mol. The Hall–Kier alpha value is -0.330. The fraction of sp³-hybridized carbons (Fsp3) is 1.00. The maximum atomic E-state index is 12.2. The van der Waals surface area contributed by atoms with Crippen molar-refractivity contribution in [1.29, 1.82) is 0 Å². The number of hydrogen-bond donors (Lipinski definition) is 1. The van der Waals surface area contributed by atoms with Gasteiger partial charge in [-0.25, -0.2) is 4.90 Å². The van der Waals surface area contributed by atoms with Crippen molar-refractivity contribution in [2.24, 2.45) is 0 Å². The molecule has 0 aromatic rings. The molecule has 1 rings (SSSR count). The molecule has 0 saturated carbocycles. The molecule has 0 bridgehead atoms. The fourth-order valence-electron chi connectivity index (χ4n) is 1.52. The molecular weight excluding hydrogens is 197 g/mol. The normalized spacial score (nSPS) is 21.4. The van der Waals surface area contributed by atoms with Gasteiger partial charge in [-0.05, 0) is 6.42 Å². The van der Waals surface area contributed by atoms with Gasteiger partial charge in [-0.2, -0.15) is 13.2 Å². The summed E-state index contributed by atoms with van der Waals surface area (Å²) in [5.74, 6) is 0. The van der Waals surface area contributed by atoms with E-state index in [2.05, 4.69) is 0 Å². The maximum Gasteiger partial charge on any atom is 0.460 e. The van der Waals surface area contributed by atoms with Crippen LogP contribution in [0.4, 0.5) is 13.2 Å². The average Bonchev–Trinajstić information content (AvgIpc) is 2.14. The number of piperazine rings is 1. The molecule has 6 heteroatoms. The summed E-state index contributed by atoms with van der Waals surface area (Å²) >= 11 is 0. The minimum absolute atomic E-state index is 0.0366. The highest BCUT2D eigenvalue weighted by Crippen LogP contribution is 2.22. The first-order valence-electron chi connectivity index (χ1n) is 4.69. The number of aliphatic hydroxyl groups is 1. The van der Waals surface area contributed by atoms with Crippen LogP contribution in [0.1, 0.15) is 6.42 Å². The Kier molecular flexibility index (Phi) is 4.15. The lowest BCUT2D eigenvalue weighted by Crippen LogP contribution is -2.51. The summed E-state index contributed by atoms with van der Waals surface area (Å²) in [6, 6.07) is 0. The van der Waals surface area contributed by atoms with Crippen molar-refractivity contribution in [2.45, 2.75) is 12.7 Å². The molecule has 1 heterocycles. The lowest BCUT2D eigenvalue weighted by molar-refractivity contribution is -0.252. The number of alkyl halides is 3. The molecule has 3 nitrogen and oxygen atoms in total. The molecule has 0 aliphatic carbocycles. The van der Waals surface area contributed by atoms with Gasteiger partial charge in [-0.15, -0.1) is 0 Å². The summed E-state index contributed by atoms with van der Waals surface area (Å²) in [6.07, 6.45) is -3.56. The van der Waals surface area contributed by atoms with E-state index in [1.54, 1.807) is 0 Å². The van der Waals surface area contributed by atoms with Gasteiger partial charge in [0.25, 0.3) is 0 Å². The quantitative estimate of drug-likeness (QED) is 0.690. The summed E-state index contributed by atoms with van der Waals surface area (Å²) in [6.45, 7) is 1.71. The van der Waals surface area contributed by atoms with Gasteiger partial charge in [0.15, 0.2) is 0 Å². The molecule has 1 saturated heterocycles. The lowest BCUT2D eigenvalue weighted by Gasteiger charge is -2.35. The number of rotatable bonds is 3. The van der Waals surface area contributed by atoms with E-state index in [1.807, 2.05) is 4.90 Å². The molecule has 0 atom stereocenters. The lowest BCUT2D eigenvalue weighted by atomic mass is 10.3. The molecule has 1 fully saturated rings. The van der Waals surface area contributed by atoms with E-state index in [1.165, 1.54) is 0 Å². The highest BCUT2D eigenvalue weighted by Gasteiger charge is 2.38. The van der Waals surface area contributed by atoms with Gasteiger partial charge in [-0.3, -0.25) is 0 Å². The van der Waals surface area contributed by atoms with Crippen LogP contribution in [0.5, 0.6) is 0 Å². The maximum absolute atomic E-state index is 12.2.